The fourth-order valence-corrected chi connectivity index (χ4v) is 2.93. The van der Waals surface area contributed by atoms with Crippen molar-refractivity contribution in [2.45, 2.75) is 32.2 Å². The molecule has 1 atom stereocenters. The van der Waals surface area contributed by atoms with E-state index in [0.29, 0.717) is 5.56 Å². The lowest BCUT2D eigenvalue weighted by atomic mass is 9.87. The topological polar surface area (TPSA) is 55.1 Å². The quantitative estimate of drug-likeness (QED) is 0.829. The average Bonchev–Trinajstić information content (AvgIpc) is 2.47. The molecule has 3 N–H and O–H groups in total. The van der Waals surface area contributed by atoms with Crippen molar-refractivity contribution >= 4 is 11.6 Å². The molecule has 2 aromatic carbocycles. The maximum absolute atomic E-state index is 12.4. The van der Waals surface area contributed by atoms with Crippen LogP contribution in [-0.4, -0.2) is 5.91 Å². The summed E-state index contributed by atoms with van der Waals surface area (Å²) in [5.74, 6) is -0.00956. The molecular formula is C18H20N2O. The number of carbonyl (C=O) groups excluding carboxylic acids is 1. The van der Waals surface area contributed by atoms with Crippen LogP contribution < -0.4 is 11.1 Å². The lowest BCUT2D eigenvalue weighted by molar-refractivity contribution is 0.0933. The zero-order valence-electron chi connectivity index (χ0n) is 12.2. The summed E-state index contributed by atoms with van der Waals surface area (Å²) in [7, 11) is 0. The first kappa shape index (κ1) is 13.7. The molecule has 1 unspecified atom stereocenters. The predicted molar refractivity (Wildman–Crippen MR) is 85.2 cm³/mol. The minimum absolute atomic E-state index is 0.00956. The van der Waals surface area contributed by atoms with Crippen molar-refractivity contribution in [3.63, 3.8) is 0 Å². The molecule has 3 heteroatoms. The van der Waals surface area contributed by atoms with Gasteiger partial charge in [0.1, 0.15) is 0 Å². The highest BCUT2D eigenvalue weighted by Crippen LogP contribution is 2.31. The number of nitrogens with one attached hydrogen (secondary N) is 1. The monoisotopic (exact) mass is 280 g/mol. The molecule has 0 aliphatic heterocycles. The van der Waals surface area contributed by atoms with Gasteiger partial charge in [-0.2, -0.15) is 0 Å². The lowest BCUT2D eigenvalue weighted by Gasteiger charge is -2.26. The number of fused-ring (bicyclic) bond motifs is 1. The van der Waals surface area contributed by atoms with E-state index in [-0.39, 0.29) is 11.9 Å². The molecule has 0 saturated carbocycles. The van der Waals surface area contributed by atoms with Crippen LogP contribution >= 0.6 is 0 Å². The molecule has 0 bridgehead atoms. The van der Waals surface area contributed by atoms with Crippen LogP contribution in [-0.2, 0) is 6.42 Å². The molecule has 2 aromatic rings. The van der Waals surface area contributed by atoms with Crippen molar-refractivity contribution in [2.24, 2.45) is 0 Å². The summed E-state index contributed by atoms with van der Waals surface area (Å²) in [5.41, 5.74) is 11.0. The number of hydrogen-bond donors (Lipinski definition) is 2. The van der Waals surface area contributed by atoms with E-state index in [2.05, 4.69) is 5.32 Å². The number of hydrogen-bond acceptors (Lipinski definition) is 2. The van der Waals surface area contributed by atoms with E-state index < -0.39 is 0 Å². The predicted octanol–water partition coefficient (Wildman–Crippen LogP) is 3.38. The largest absolute Gasteiger partial charge is 0.399 e. The molecule has 21 heavy (non-hydrogen) atoms. The normalized spacial score (nSPS) is 17.1. The van der Waals surface area contributed by atoms with E-state index in [4.69, 9.17) is 5.73 Å². The van der Waals surface area contributed by atoms with Gasteiger partial charge in [-0.1, -0.05) is 23.8 Å². The van der Waals surface area contributed by atoms with Crippen molar-refractivity contribution in [1.29, 1.82) is 0 Å². The minimum atomic E-state index is -0.00956. The first-order valence-electron chi connectivity index (χ1n) is 7.39. The van der Waals surface area contributed by atoms with Gasteiger partial charge in [-0.05, 0) is 61.6 Å². The maximum atomic E-state index is 12.4. The molecule has 0 spiro atoms. The summed E-state index contributed by atoms with van der Waals surface area (Å²) in [6.45, 7) is 2.02. The van der Waals surface area contributed by atoms with Gasteiger partial charge in [0.2, 0.25) is 0 Å². The minimum Gasteiger partial charge on any atom is -0.399 e. The molecule has 0 fully saturated rings. The molecule has 1 aliphatic rings. The van der Waals surface area contributed by atoms with E-state index in [9.17, 15) is 4.79 Å². The van der Waals surface area contributed by atoms with Crippen LogP contribution in [0, 0.1) is 6.92 Å². The fourth-order valence-electron chi connectivity index (χ4n) is 2.93. The molecule has 0 saturated heterocycles. The fraction of sp³-hybridized carbons (Fsp3) is 0.278. The van der Waals surface area contributed by atoms with Gasteiger partial charge in [0, 0.05) is 11.3 Å². The second-order valence-electron chi connectivity index (χ2n) is 5.74. The molecule has 0 radical (unpaired) electrons. The summed E-state index contributed by atoms with van der Waals surface area (Å²) in [6.07, 6.45) is 3.10. The highest BCUT2D eigenvalue weighted by atomic mass is 16.1. The number of carbonyl (C=O) groups is 1. The van der Waals surface area contributed by atoms with E-state index in [0.717, 1.165) is 30.5 Å². The van der Waals surface area contributed by atoms with E-state index in [1.807, 2.05) is 49.4 Å². The number of rotatable bonds is 2. The molecule has 0 aromatic heterocycles. The Morgan fingerprint density at radius 1 is 1.19 bits per heavy atom. The third kappa shape index (κ3) is 2.92. The number of amides is 1. The van der Waals surface area contributed by atoms with E-state index in [1.165, 1.54) is 11.1 Å². The van der Waals surface area contributed by atoms with Crippen molar-refractivity contribution in [2.75, 3.05) is 5.73 Å². The van der Waals surface area contributed by atoms with Gasteiger partial charge in [0.05, 0.1) is 6.04 Å². The molecular weight excluding hydrogens is 260 g/mol. The van der Waals surface area contributed by atoms with Crippen LogP contribution in [0.5, 0.6) is 0 Å². The zero-order valence-corrected chi connectivity index (χ0v) is 12.2. The molecule has 3 rings (SSSR count). The Morgan fingerprint density at radius 2 is 1.95 bits per heavy atom. The van der Waals surface area contributed by atoms with Crippen molar-refractivity contribution < 1.29 is 4.79 Å². The van der Waals surface area contributed by atoms with Crippen molar-refractivity contribution in [3.8, 4) is 0 Å². The SMILES string of the molecule is Cc1ccc(C(=O)NC2CCCc3cc(N)ccc32)cc1. The van der Waals surface area contributed by atoms with E-state index in [1.54, 1.807) is 0 Å². The van der Waals surface area contributed by atoms with Crippen molar-refractivity contribution in [3.05, 3.63) is 64.7 Å². The second-order valence-corrected chi connectivity index (χ2v) is 5.74. The second kappa shape index (κ2) is 5.60. The standard InChI is InChI=1S/C18H20N2O/c1-12-5-7-13(8-6-12)18(21)20-17-4-2-3-14-11-15(19)9-10-16(14)17/h5-11,17H,2-4,19H2,1H3,(H,20,21). The van der Waals surface area contributed by atoms with Gasteiger partial charge in [0.25, 0.3) is 5.91 Å². The van der Waals surface area contributed by atoms with Crippen LogP contribution in [0.4, 0.5) is 5.69 Å². The first-order valence-corrected chi connectivity index (χ1v) is 7.39. The Morgan fingerprint density at radius 3 is 2.71 bits per heavy atom. The highest BCUT2D eigenvalue weighted by Gasteiger charge is 2.22. The lowest BCUT2D eigenvalue weighted by Crippen LogP contribution is -2.31. The summed E-state index contributed by atoms with van der Waals surface area (Å²) in [4.78, 5) is 12.4. The molecule has 1 aliphatic carbocycles. The number of benzene rings is 2. The Balaban J connectivity index is 1.80. The zero-order chi connectivity index (χ0) is 14.8. The van der Waals surface area contributed by atoms with Gasteiger partial charge in [-0.25, -0.2) is 0 Å². The Bertz CT molecular complexity index is 661. The van der Waals surface area contributed by atoms with Crippen molar-refractivity contribution in [1.82, 2.24) is 5.32 Å². The molecule has 1 amide bonds. The van der Waals surface area contributed by atoms with Gasteiger partial charge in [0.15, 0.2) is 0 Å². The molecule has 3 nitrogen and oxygen atoms in total. The number of aryl methyl sites for hydroxylation is 2. The van der Waals surface area contributed by atoms with Gasteiger partial charge in [-0.15, -0.1) is 0 Å². The number of nitrogens with two attached hydrogens (primary N) is 1. The summed E-state index contributed by atoms with van der Waals surface area (Å²) in [5, 5.41) is 3.15. The maximum Gasteiger partial charge on any atom is 0.251 e. The third-order valence-electron chi connectivity index (χ3n) is 4.10. The van der Waals surface area contributed by atoms with Crippen LogP contribution in [0.25, 0.3) is 0 Å². The van der Waals surface area contributed by atoms with Crippen LogP contribution in [0.3, 0.4) is 0 Å². The first-order chi connectivity index (χ1) is 10.1. The van der Waals surface area contributed by atoms with Crippen LogP contribution in [0.15, 0.2) is 42.5 Å². The highest BCUT2D eigenvalue weighted by molar-refractivity contribution is 5.94. The smallest absolute Gasteiger partial charge is 0.251 e. The van der Waals surface area contributed by atoms with Gasteiger partial charge < -0.3 is 11.1 Å². The Kier molecular flexibility index (Phi) is 3.65. The summed E-state index contributed by atoms with van der Waals surface area (Å²) in [6, 6.07) is 13.7. The Hall–Kier alpha value is -2.29. The summed E-state index contributed by atoms with van der Waals surface area (Å²) < 4.78 is 0. The summed E-state index contributed by atoms with van der Waals surface area (Å²) >= 11 is 0. The third-order valence-corrected chi connectivity index (χ3v) is 4.10. The molecule has 108 valence electrons. The van der Waals surface area contributed by atoms with Crippen LogP contribution in [0.1, 0.15) is 45.9 Å². The van der Waals surface area contributed by atoms with Gasteiger partial charge in [-0.3, -0.25) is 4.79 Å². The number of anilines is 1. The average molecular weight is 280 g/mol. The van der Waals surface area contributed by atoms with Crippen LogP contribution in [0.2, 0.25) is 0 Å². The van der Waals surface area contributed by atoms with Gasteiger partial charge >= 0.3 is 0 Å². The molecule has 0 heterocycles. The number of nitrogen functional groups attached to an aromatic ring is 1. The Labute approximate surface area is 125 Å². The van der Waals surface area contributed by atoms with E-state index >= 15 is 0 Å².